The molecule has 1 saturated carbocycles. The van der Waals surface area contributed by atoms with E-state index in [1.165, 1.54) is 22.4 Å². The molecule has 5 rings (SSSR count). The number of carbonyl (C=O) groups is 1. The van der Waals surface area contributed by atoms with Crippen LogP contribution in [-0.2, 0) is 4.79 Å². The van der Waals surface area contributed by atoms with Gasteiger partial charge in [0.1, 0.15) is 0 Å². The predicted molar refractivity (Wildman–Crippen MR) is 134 cm³/mol. The lowest BCUT2D eigenvalue weighted by Gasteiger charge is -2.59. The number of aliphatic hydroxyl groups is 1. The monoisotopic (exact) mass is 441 g/mol. The van der Waals surface area contributed by atoms with Crippen molar-refractivity contribution in [3.8, 4) is 12.3 Å². The average Bonchev–Trinajstić information content (AvgIpc) is 2.79. The van der Waals surface area contributed by atoms with E-state index in [1.807, 2.05) is 12.2 Å². The molecule has 0 radical (unpaired) electrons. The number of hydrogen-bond acceptors (Lipinski definition) is 3. The molecule has 33 heavy (non-hydrogen) atoms. The number of carbonyl (C=O) groups excluding carboxylic acids is 1. The van der Waals surface area contributed by atoms with Gasteiger partial charge in [0.05, 0.1) is 5.60 Å². The van der Waals surface area contributed by atoms with Gasteiger partial charge in [-0.15, -0.1) is 12.3 Å². The second-order valence-corrected chi connectivity index (χ2v) is 10.9. The molecule has 4 aliphatic rings. The third-order valence-corrected chi connectivity index (χ3v) is 9.08. The summed E-state index contributed by atoms with van der Waals surface area (Å²) in [6, 6.07) is 8.92. The van der Waals surface area contributed by atoms with Crippen molar-refractivity contribution in [2.75, 3.05) is 19.0 Å². The Bertz CT molecular complexity index is 1100. The fourth-order valence-electron chi connectivity index (χ4n) is 7.26. The highest BCUT2D eigenvalue weighted by molar-refractivity contribution is 5.93. The quantitative estimate of drug-likeness (QED) is 0.492. The first-order chi connectivity index (χ1) is 15.8. The third-order valence-electron chi connectivity index (χ3n) is 9.08. The molecule has 0 aliphatic heterocycles. The van der Waals surface area contributed by atoms with Crippen LogP contribution < -0.4 is 4.90 Å². The van der Waals surface area contributed by atoms with E-state index in [0.29, 0.717) is 24.7 Å². The highest BCUT2D eigenvalue weighted by Crippen LogP contribution is 2.64. The Morgan fingerprint density at radius 1 is 1.18 bits per heavy atom. The summed E-state index contributed by atoms with van der Waals surface area (Å²) in [5.74, 6) is 4.04. The second-order valence-electron chi connectivity index (χ2n) is 10.9. The molecule has 0 amide bonds. The van der Waals surface area contributed by atoms with Crippen LogP contribution in [-0.4, -0.2) is 30.6 Å². The number of fused-ring (bicyclic) bond motifs is 4. The Hall–Kier alpha value is -2.57. The topological polar surface area (TPSA) is 40.5 Å². The van der Waals surface area contributed by atoms with Crippen LogP contribution in [0.4, 0.5) is 5.69 Å². The SMILES string of the molecule is C#CC[C@]1(O)C=CCC2C3CCC4=CC(=O)CCC4=C3C(c3ccc(N(C)C)cc3)C[C@@]21C. The van der Waals surface area contributed by atoms with Gasteiger partial charge in [-0.25, -0.2) is 0 Å². The van der Waals surface area contributed by atoms with Crippen LogP contribution in [0.1, 0.15) is 63.4 Å². The zero-order valence-electron chi connectivity index (χ0n) is 20.1. The molecule has 1 N–H and O–H groups in total. The first kappa shape index (κ1) is 22.2. The van der Waals surface area contributed by atoms with Gasteiger partial charge in [0.2, 0.25) is 0 Å². The molecule has 5 atom stereocenters. The molecule has 0 aromatic heterocycles. The van der Waals surface area contributed by atoms with E-state index >= 15 is 0 Å². The summed E-state index contributed by atoms with van der Waals surface area (Å²) in [7, 11) is 4.13. The van der Waals surface area contributed by atoms with Gasteiger partial charge in [-0.05, 0) is 78.9 Å². The van der Waals surface area contributed by atoms with Crippen molar-refractivity contribution >= 4 is 11.5 Å². The first-order valence-electron chi connectivity index (χ1n) is 12.3. The summed E-state index contributed by atoms with van der Waals surface area (Å²) < 4.78 is 0. The van der Waals surface area contributed by atoms with Gasteiger partial charge in [-0.3, -0.25) is 4.79 Å². The number of ketones is 1. The molecule has 0 heterocycles. The smallest absolute Gasteiger partial charge is 0.156 e. The molecule has 4 aliphatic carbocycles. The van der Waals surface area contributed by atoms with Crippen LogP contribution in [0.2, 0.25) is 0 Å². The fourth-order valence-corrected chi connectivity index (χ4v) is 7.26. The zero-order valence-corrected chi connectivity index (χ0v) is 20.1. The lowest BCUT2D eigenvalue weighted by molar-refractivity contribution is -0.115. The van der Waals surface area contributed by atoms with E-state index in [2.05, 4.69) is 62.2 Å². The van der Waals surface area contributed by atoms with Crippen molar-refractivity contribution in [2.24, 2.45) is 17.3 Å². The van der Waals surface area contributed by atoms with E-state index in [9.17, 15) is 9.90 Å². The molecule has 0 saturated heterocycles. The summed E-state index contributed by atoms with van der Waals surface area (Å²) in [6.07, 6.45) is 17.5. The van der Waals surface area contributed by atoms with Gasteiger partial charge in [-0.1, -0.05) is 36.8 Å². The number of nitrogens with zero attached hydrogens (tertiary/aromatic N) is 1. The molecular weight excluding hydrogens is 406 g/mol. The van der Waals surface area contributed by atoms with Crippen molar-refractivity contribution < 1.29 is 9.90 Å². The van der Waals surface area contributed by atoms with Crippen molar-refractivity contribution in [2.45, 2.75) is 63.4 Å². The van der Waals surface area contributed by atoms with Gasteiger partial charge in [-0.2, -0.15) is 0 Å². The van der Waals surface area contributed by atoms with Gasteiger partial charge < -0.3 is 10.0 Å². The maximum atomic E-state index is 12.2. The molecule has 1 aromatic rings. The van der Waals surface area contributed by atoms with Crippen molar-refractivity contribution in [3.05, 3.63) is 64.8 Å². The Morgan fingerprint density at radius 3 is 2.64 bits per heavy atom. The summed E-state index contributed by atoms with van der Waals surface area (Å²) in [6.45, 7) is 2.27. The van der Waals surface area contributed by atoms with E-state index in [0.717, 1.165) is 32.1 Å². The van der Waals surface area contributed by atoms with Crippen LogP contribution >= 0.6 is 0 Å². The minimum atomic E-state index is -0.985. The summed E-state index contributed by atoms with van der Waals surface area (Å²) in [4.78, 5) is 14.3. The minimum absolute atomic E-state index is 0.232. The van der Waals surface area contributed by atoms with Gasteiger partial charge in [0.25, 0.3) is 0 Å². The molecule has 3 unspecified atom stereocenters. The van der Waals surface area contributed by atoms with E-state index in [4.69, 9.17) is 6.42 Å². The van der Waals surface area contributed by atoms with Crippen LogP contribution in [0.5, 0.6) is 0 Å². The van der Waals surface area contributed by atoms with Crippen molar-refractivity contribution in [3.63, 3.8) is 0 Å². The number of hydrogen-bond donors (Lipinski definition) is 1. The Morgan fingerprint density at radius 2 is 1.94 bits per heavy atom. The summed E-state index contributed by atoms with van der Waals surface area (Å²) >= 11 is 0. The normalized spacial score (nSPS) is 35.2. The predicted octanol–water partition coefficient (Wildman–Crippen LogP) is 5.57. The lowest BCUT2D eigenvalue weighted by atomic mass is 9.46. The van der Waals surface area contributed by atoms with Crippen LogP contribution in [0.3, 0.4) is 0 Å². The van der Waals surface area contributed by atoms with Crippen LogP contribution in [0.15, 0.2) is 59.2 Å². The number of allylic oxidation sites excluding steroid dienone is 5. The number of rotatable bonds is 3. The lowest BCUT2D eigenvalue weighted by Crippen LogP contribution is -2.57. The Balaban J connectivity index is 1.68. The molecular formula is C30H35NO2. The van der Waals surface area contributed by atoms with Crippen LogP contribution in [0, 0.1) is 29.6 Å². The maximum Gasteiger partial charge on any atom is 0.156 e. The minimum Gasteiger partial charge on any atom is -0.384 e. The van der Waals surface area contributed by atoms with Gasteiger partial charge in [0, 0.05) is 44.0 Å². The van der Waals surface area contributed by atoms with E-state index < -0.39 is 5.60 Å². The molecule has 1 aromatic carbocycles. The van der Waals surface area contributed by atoms with E-state index in [-0.39, 0.29) is 17.1 Å². The molecule has 3 heteroatoms. The Labute approximate surface area is 198 Å². The number of anilines is 1. The average molecular weight is 442 g/mol. The maximum absolute atomic E-state index is 12.2. The third kappa shape index (κ3) is 3.42. The second kappa shape index (κ2) is 8.03. The Kier molecular flexibility index (Phi) is 5.41. The standard InChI is InChI=1S/C30H35NO2/c1-5-16-30(33)17-6-7-27-25-14-10-21-18-23(32)13-15-24(21)28(25)26(19-29(27,30)2)20-8-11-22(12-9-20)31(3)4/h1,6,8-9,11-12,17-18,25-27,33H,7,10,13-16,19H2,2-4H3/t25?,26?,27?,29-,30-/m0/s1. The number of terminal acetylenes is 1. The van der Waals surface area contributed by atoms with Crippen molar-refractivity contribution in [1.82, 2.24) is 0 Å². The molecule has 0 spiro atoms. The van der Waals surface area contributed by atoms with E-state index in [1.54, 1.807) is 5.57 Å². The molecule has 3 nitrogen and oxygen atoms in total. The zero-order chi connectivity index (χ0) is 23.4. The highest BCUT2D eigenvalue weighted by atomic mass is 16.3. The van der Waals surface area contributed by atoms with Gasteiger partial charge >= 0.3 is 0 Å². The summed E-state index contributed by atoms with van der Waals surface area (Å²) in [5, 5.41) is 11.9. The largest absolute Gasteiger partial charge is 0.384 e. The van der Waals surface area contributed by atoms with Crippen LogP contribution in [0.25, 0.3) is 0 Å². The number of benzene rings is 1. The molecule has 0 bridgehead atoms. The first-order valence-corrected chi connectivity index (χ1v) is 12.3. The fraction of sp³-hybridized carbons (Fsp3) is 0.500. The van der Waals surface area contributed by atoms with Gasteiger partial charge in [0.15, 0.2) is 5.78 Å². The molecule has 1 fully saturated rings. The molecule has 172 valence electrons. The summed E-state index contributed by atoms with van der Waals surface area (Å²) in [5.41, 5.74) is 5.46. The highest BCUT2D eigenvalue weighted by Gasteiger charge is 2.59. The van der Waals surface area contributed by atoms with Crippen molar-refractivity contribution in [1.29, 1.82) is 0 Å².